The topological polar surface area (TPSA) is 64.8 Å². The molecule has 5 nitrogen and oxygen atoms in total. The summed E-state index contributed by atoms with van der Waals surface area (Å²) in [6, 6.07) is 25.6. The average Bonchev–Trinajstić information content (AvgIpc) is 3.00. The molecule has 41 heavy (non-hydrogen) atoms. The molecule has 0 aromatic heterocycles. The van der Waals surface area contributed by atoms with E-state index in [2.05, 4.69) is 36.9 Å². The first kappa shape index (κ1) is 28.6. The van der Waals surface area contributed by atoms with Crippen LogP contribution in [0.4, 0.5) is 11.4 Å². The Bertz CT molecular complexity index is 1540. The van der Waals surface area contributed by atoms with Gasteiger partial charge in [0.2, 0.25) is 0 Å². The second-order valence-electron chi connectivity index (χ2n) is 10.4. The van der Waals surface area contributed by atoms with Crippen LogP contribution in [0.3, 0.4) is 0 Å². The van der Waals surface area contributed by atoms with Crippen molar-refractivity contribution < 1.29 is 14.3 Å². The number of nitrogen functional groups attached to an aromatic ring is 1. The number of anilines is 2. The highest BCUT2D eigenvalue weighted by Gasteiger charge is 2.34. The van der Waals surface area contributed by atoms with Crippen molar-refractivity contribution in [1.29, 1.82) is 0 Å². The summed E-state index contributed by atoms with van der Waals surface area (Å²) in [4.78, 5) is 15.4. The van der Waals surface area contributed by atoms with Gasteiger partial charge in [-0.3, -0.25) is 0 Å². The number of carbonyl (C=O) groups is 1. The maximum absolute atomic E-state index is 13.0. The number of rotatable bonds is 10. The molecule has 212 valence electrons. The van der Waals surface area contributed by atoms with Gasteiger partial charge in [0.15, 0.2) is 0 Å². The fraction of sp³-hybridized carbons (Fsp3) is 0.286. The molecule has 1 aliphatic heterocycles. The second kappa shape index (κ2) is 12.7. The van der Waals surface area contributed by atoms with Crippen LogP contribution in [0.25, 0.3) is 11.1 Å². The lowest BCUT2D eigenvalue weighted by atomic mass is 9.78. The van der Waals surface area contributed by atoms with E-state index in [0.717, 1.165) is 78.0 Å². The molecule has 0 radical (unpaired) electrons. The molecule has 1 unspecified atom stereocenters. The minimum atomic E-state index is -0.391. The van der Waals surface area contributed by atoms with E-state index >= 15 is 0 Å². The van der Waals surface area contributed by atoms with E-state index in [1.807, 2.05) is 54.6 Å². The molecule has 2 N–H and O–H groups in total. The molecule has 6 heteroatoms. The number of hydrogen-bond donors (Lipinski definition) is 1. The Morgan fingerprint density at radius 3 is 2.29 bits per heavy atom. The Morgan fingerprint density at radius 2 is 1.59 bits per heavy atom. The number of benzene rings is 4. The Kier molecular flexibility index (Phi) is 8.84. The van der Waals surface area contributed by atoms with Gasteiger partial charge in [0.05, 0.1) is 12.7 Å². The zero-order chi connectivity index (χ0) is 28.9. The predicted molar refractivity (Wildman–Crippen MR) is 169 cm³/mol. The molecule has 1 atom stereocenters. The van der Waals surface area contributed by atoms with Gasteiger partial charge in [-0.1, -0.05) is 80.8 Å². The summed E-state index contributed by atoms with van der Waals surface area (Å²) in [7, 11) is 1.41. The molecule has 0 aliphatic carbocycles. The molecule has 0 bridgehead atoms. The number of halogens is 1. The van der Waals surface area contributed by atoms with Crippen LogP contribution < -0.4 is 15.4 Å². The van der Waals surface area contributed by atoms with E-state index < -0.39 is 5.97 Å². The van der Waals surface area contributed by atoms with Crippen LogP contribution in [0, 0.1) is 0 Å². The number of fused-ring (bicyclic) bond motifs is 2. The molecule has 0 saturated carbocycles. The molecule has 4 aromatic rings. The molecule has 0 saturated heterocycles. The van der Waals surface area contributed by atoms with Crippen LogP contribution in [-0.2, 0) is 4.74 Å². The summed E-state index contributed by atoms with van der Waals surface area (Å²) >= 11 is 6.60. The van der Waals surface area contributed by atoms with Crippen molar-refractivity contribution in [3.8, 4) is 22.6 Å². The number of nitrogens with two attached hydrogens (primary N) is 1. The third-order valence-electron chi connectivity index (χ3n) is 7.83. The van der Waals surface area contributed by atoms with Crippen LogP contribution >= 0.6 is 11.6 Å². The lowest BCUT2D eigenvalue weighted by Crippen LogP contribution is -2.26. The van der Waals surface area contributed by atoms with E-state index in [-0.39, 0.29) is 5.92 Å². The Morgan fingerprint density at radius 1 is 0.878 bits per heavy atom. The molecule has 0 fully saturated rings. The van der Waals surface area contributed by atoms with E-state index in [9.17, 15) is 4.79 Å². The van der Waals surface area contributed by atoms with Gasteiger partial charge < -0.3 is 20.1 Å². The van der Waals surface area contributed by atoms with Crippen molar-refractivity contribution in [1.82, 2.24) is 0 Å². The molecule has 4 aromatic carbocycles. The van der Waals surface area contributed by atoms with Crippen molar-refractivity contribution in [2.45, 2.75) is 45.4 Å². The molecule has 0 spiro atoms. The third-order valence-corrected chi connectivity index (χ3v) is 8.16. The summed E-state index contributed by atoms with van der Waals surface area (Å²) in [5, 5.41) is 0.617. The van der Waals surface area contributed by atoms with Gasteiger partial charge in [-0.15, -0.1) is 0 Å². The molecule has 0 amide bonds. The smallest absolute Gasteiger partial charge is 0.338 e. The van der Waals surface area contributed by atoms with Gasteiger partial charge in [-0.2, -0.15) is 0 Å². The number of methoxy groups -OCH3 is 1. The van der Waals surface area contributed by atoms with Crippen LogP contribution in [0.1, 0.15) is 72.5 Å². The summed E-state index contributed by atoms with van der Waals surface area (Å²) < 4.78 is 11.8. The highest BCUT2D eigenvalue weighted by atomic mass is 35.5. The lowest BCUT2D eigenvalue weighted by molar-refractivity contribution is 0.0599. The Labute approximate surface area is 247 Å². The molecular weight excluding hydrogens is 532 g/mol. The van der Waals surface area contributed by atoms with Gasteiger partial charge in [0, 0.05) is 63.7 Å². The summed E-state index contributed by atoms with van der Waals surface area (Å²) in [5.74, 6) is 0.696. The number of esters is 1. The first-order chi connectivity index (χ1) is 20.0. The monoisotopic (exact) mass is 568 g/mol. The minimum absolute atomic E-state index is 0.347. The lowest BCUT2D eigenvalue weighted by Gasteiger charge is -2.33. The van der Waals surface area contributed by atoms with E-state index in [1.54, 1.807) is 6.07 Å². The van der Waals surface area contributed by atoms with Crippen molar-refractivity contribution in [2.24, 2.45) is 0 Å². The maximum atomic E-state index is 13.0. The van der Waals surface area contributed by atoms with Gasteiger partial charge in [-0.05, 0) is 48.7 Å². The molecular formula is C35H37ClN2O3. The number of unbranched alkanes of at least 4 members (excludes halogenated alkanes) is 2. The summed E-state index contributed by atoms with van der Waals surface area (Å²) in [6.45, 7) is 6.42. The largest absolute Gasteiger partial charge is 0.465 e. The van der Waals surface area contributed by atoms with Crippen LogP contribution in [0.15, 0.2) is 78.9 Å². The standard InChI is InChI=1S/C35H37ClN2O3/c1-4-6-20-38(21-7-5-2)23-16-17-28-31(22-23)41-30-19-18-26(24-12-10-11-15-29(24)36)34(37)33(30)32(28)25-13-8-9-14-27(25)35(39)40-3/h8-19,22,32H,4-7,20-21,37H2,1-3H3. The normalized spacial score (nSPS) is 13.6. The Hall–Kier alpha value is -3.96. The van der Waals surface area contributed by atoms with Gasteiger partial charge in [0.1, 0.15) is 11.5 Å². The first-order valence-electron chi connectivity index (χ1n) is 14.4. The van der Waals surface area contributed by atoms with E-state index in [0.29, 0.717) is 22.0 Å². The zero-order valence-corrected chi connectivity index (χ0v) is 24.7. The van der Waals surface area contributed by atoms with E-state index in [4.69, 9.17) is 26.8 Å². The number of nitrogens with zero attached hydrogens (tertiary/aromatic N) is 1. The first-order valence-corrected chi connectivity index (χ1v) is 14.8. The predicted octanol–water partition coefficient (Wildman–Crippen LogP) is 9.07. The zero-order valence-electron chi connectivity index (χ0n) is 24.0. The summed E-state index contributed by atoms with van der Waals surface area (Å²) in [5.41, 5.74) is 13.4. The quantitative estimate of drug-likeness (QED) is 0.134. The van der Waals surface area contributed by atoms with E-state index in [1.165, 1.54) is 7.11 Å². The van der Waals surface area contributed by atoms with Crippen molar-refractivity contribution in [3.63, 3.8) is 0 Å². The SMILES string of the molecule is CCCCN(CCCC)c1ccc2c(c1)Oc1ccc(-c3ccccc3Cl)c(N)c1C2c1ccccc1C(=O)OC. The molecule has 1 heterocycles. The van der Waals surface area contributed by atoms with Crippen LogP contribution in [0.5, 0.6) is 11.5 Å². The minimum Gasteiger partial charge on any atom is -0.465 e. The van der Waals surface area contributed by atoms with Gasteiger partial charge in [0.25, 0.3) is 0 Å². The second-order valence-corrected chi connectivity index (χ2v) is 10.9. The number of carbonyl (C=O) groups excluding carboxylic acids is 1. The van der Waals surface area contributed by atoms with Gasteiger partial charge >= 0.3 is 5.97 Å². The van der Waals surface area contributed by atoms with Crippen LogP contribution in [0.2, 0.25) is 5.02 Å². The highest BCUT2D eigenvalue weighted by molar-refractivity contribution is 6.33. The van der Waals surface area contributed by atoms with Crippen LogP contribution in [-0.4, -0.2) is 26.2 Å². The van der Waals surface area contributed by atoms with Crippen molar-refractivity contribution in [2.75, 3.05) is 30.8 Å². The summed E-state index contributed by atoms with van der Waals surface area (Å²) in [6.07, 6.45) is 4.52. The van der Waals surface area contributed by atoms with Gasteiger partial charge in [-0.25, -0.2) is 4.79 Å². The fourth-order valence-corrected chi connectivity index (χ4v) is 5.91. The Balaban J connectivity index is 1.71. The van der Waals surface area contributed by atoms with Crippen molar-refractivity contribution >= 4 is 28.9 Å². The van der Waals surface area contributed by atoms with Crippen molar-refractivity contribution in [3.05, 3.63) is 106 Å². The number of hydrogen-bond acceptors (Lipinski definition) is 5. The third kappa shape index (κ3) is 5.64. The maximum Gasteiger partial charge on any atom is 0.338 e. The molecule has 1 aliphatic rings. The highest BCUT2D eigenvalue weighted by Crippen LogP contribution is 2.53. The number of ether oxygens (including phenoxy) is 2. The molecule has 5 rings (SSSR count). The average molecular weight is 569 g/mol. The fourth-order valence-electron chi connectivity index (χ4n) is 5.67.